The van der Waals surface area contributed by atoms with E-state index < -0.39 is 0 Å². The molecule has 3 N–H and O–H groups in total. The summed E-state index contributed by atoms with van der Waals surface area (Å²) < 4.78 is 0. The number of nitrogens with one attached hydrogen (secondary N) is 2. The van der Waals surface area contributed by atoms with Crippen LogP contribution in [0.1, 0.15) is 32.6 Å². The molecule has 2 saturated heterocycles. The number of piperidine rings is 1. The summed E-state index contributed by atoms with van der Waals surface area (Å²) in [6.07, 6.45) is 4.70. The van der Waals surface area contributed by atoms with E-state index in [4.69, 9.17) is 0 Å². The van der Waals surface area contributed by atoms with Crippen molar-refractivity contribution >= 4 is 5.69 Å². The lowest BCUT2D eigenvalue weighted by Gasteiger charge is -2.35. The third kappa shape index (κ3) is 4.95. The van der Waals surface area contributed by atoms with Gasteiger partial charge in [0, 0.05) is 31.4 Å². The van der Waals surface area contributed by atoms with Gasteiger partial charge in [0.15, 0.2) is 0 Å². The van der Waals surface area contributed by atoms with E-state index in [2.05, 4.69) is 52.8 Å². The quantitative estimate of drug-likeness (QED) is 0.719. The second kappa shape index (κ2) is 8.84. The molecule has 24 heavy (non-hydrogen) atoms. The van der Waals surface area contributed by atoms with E-state index in [1.165, 1.54) is 38.0 Å². The van der Waals surface area contributed by atoms with Gasteiger partial charge in [-0.25, -0.2) is 0 Å². The number of rotatable bonds is 7. The van der Waals surface area contributed by atoms with Gasteiger partial charge < -0.3 is 15.7 Å². The molecule has 2 aliphatic heterocycles. The summed E-state index contributed by atoms with van der Waals surface area (Å²) in [7, 11) is 0. The van der Waals surface area contributed by atoms with Crippen LogP contribution in [0.15, 0.2) is 30.3 Å². The topological polar surface area (TPSA) is 47.5 Å². The van der Waals surface area contributed by atoms with Gasteiger partial charge in [-0.05, 0) is 62.7 Å². The SMILES string of the molecule is CC(CC1CCNCC1)C(CNc1ccccc1)N1CCC(O)C1. The van der Waals surface area contributed by atoms with E-state index in [1.807, 2.05) is 0 Å². The Balaban J connectivity index is 1.59. The molecule has 0 spiro atoms. The second-order valence-electron chi connectivity index (χ2n) is 7.66. The van der Waals surface area contributed by atoms with Gasteiger partial charge in [0.05, 0.1) is 6.10 Å². The molecule has 3 unspecified atom stereocenters. The van der Waals surface area contributed by atoms with Crippen LogP contribution in [0.3, 0.4) is 0 Å². The van der Waals surface area contributed by atoms with Crippen LogP contribution in [0.4, 0.5) is 5.69 Å². The van der Waals surface area contributed by atoms with Crippen LogP contribution in [0, 0.1) is 11.8 Å². The van der Waals surface area contributed by atoms with Gasteiger partial charge in [0.25, 0.3) is 0 Å². The maximum absolute atomic E-state index is 9.97. The van der Waals surface area contributed by atoms with Crippen LogP contribution in [0.2, 0.25) is 0 Å². The number of hydrogen-bond donors (Lipinski definition) is 3. The number of β-amino-alcohol motifs (C(OH)–C–C–N with tert-alkyl or cyclic N) is 1. The molecule has 0 amide bonds. The molecular formula is C20H33N3O. The number of likely N-dealkylation sites (tertiary alicyclic amines) is 1. The third-order valence-electron chi connectivity index (χ3n) is 5.77. The molecular weight excluding hydrogens is 298 g/mol. The lowest BCUT2D eigenvalue weighted by Crippen LogP contribution is -2.44. The Labute approximate surface area is 146 Å². The van der Waals surface area contributed by atoms with Gasteiger partial charge in [-0.3, -0.25) is 4.90 Å². The molecule has 1 aromatic rings. The predicted molar refractivity (Wildman–Crippen MR) is 100 cm³/mol. The zero-order chi connectivity index (χ0) is 16.8. The predicted octanol–water partition coefficient (Wildman–Crippen LogP) is 2.56. The van der Waals surface area contributed by atoms with E-state index in [0.717, 1.165) is 32.0 Å². The Morgan fingerprint density at radius 3 is 2.62 bits per heavy atom. The molecule has 4 heteroatoms. The van der Waals surface area contributed by atoms with Gasteiger partial charge in [-0.15, -0.1) is 0 Å². The van der Waals surface area contributed by atoms with Crippen LogP contribution in [-0.2, 0) is 0 Å². The van der Waals surface area contributed by atoms with Gasteiger partial charge in [0.2, 0.25) is 0 Å². The van der Waals surface area contributed by atoms with Crippen LogP contribution < -0.4 is 10.6 Å². The fourth-order valence-electron chi connectivity index (χ4n) is 4.34. The Hall–Kier alpha value is -1.10. The van der Waals surface area contributed by atoms with E-state index in [-0.39, 0.29) is 6.10 Å². The number of benzene rings is 1. The Morgan fingerprint density at radius 1 is 1.21 bits per heavy atom. The highest BCUT2D eigenvalue weighted by molar-refractivity contribution is 5.42. The number of nitrogens with zero attached hydrogens (tertiary/aromatic N) is 1. The summed E-state index contributed by atoms with van der Waals surface area (Å²) in [5.74, 6) is 1.50. The van der Waals surface area contributed by atoms with Crippen molar-refractivity contribution in [3.8, 4) is 0 Å². The molecule has 2 aliphatic rings. The summed E-state index contributed by atoms with van der Waals surface area (Å²) in [4.78, 5) is 2.51. The molecule has 134 valence electrons. The highest BCUT2D eigenvalue weighted by Gasteiger charge is 2.31. The fourth-order valence-corrected chi connectivity index (χ4v) is 4.34. The molecule has 0 saturated carbocycles. The first-order chi connectivity index (χ1) is 11.7. The number of anilines is 1. The average Bonchev–Trinajstić information content (AvgIpc) is 3.03. The monoisotopic (exact) mass is 331 g/mol. The summed E-state index contributed by atoms with van der Waals surface area (Å²) in [5, 5.41) is 17.1. The first-order valence-corrected chi connectivity index (χ1v) is 9.64. The van der Waals surface area contributed by atoms with E-state index >= 15 is 0 Å². The lowest BCUT2D eigenvalue weighted by molar-refractivity contribution is 0.130. The fraction of sp³-hybridized carbons (Fsp3) is 0.700. The summed E-state index contributed by atoms with van der Waals surface area (Å²) in [6.45, 7) is 7.57. The maximum atomic E-state index is 9.97. The van der Waals surface area contributed by atoms with E-state index in [1.54, 1.807) is 0 Å². The van der Waals surface area contributed by atoms with Crippen molar-refractivity contribution in [1.82, 2.24) is 10.2 Å². The van der Waals surface area contributed by atoms with E-state index in [0.29, 0.717) is 12.0 Å². The van der Waals surface area contributed by atoms with E-state index in [9.17, 15) is 5.11 Å². The van der Waals surface area contributed by atoms with Gasteiger partial charge >= 0.3 is 0 Å². The maximum Gasteiger partial charge on any atom is 0.0679 e. The number of hydrogen-bond acceptors (Lipinski definition) is 4. The van der Waals surface area contributed by atoms with Gasteiger partial charge in [0.1, 0.15) is 0 Å². The first kappa shape index (κ1) is 17.7. The molecule has 2 fully saturated rings. The largest absolute Gasteiger partial charge is 0.392 e. The zero-order valence-corrected chi connectivity index (χ0v) is 15.0. The smallest absolute Gasteiger partial charge is 0.0679 e. The Kier molecular flexibility index (Phi) is 6.52. The highest BCUT2D eigenvalue weighted by Crippen LogP contribution is 2.27. The second-order valence-corrected chi connectivity index (χ2v) is 7.66. The Bertz CT molecular complexity index is 475. The minimum absolute atomic E-state index is 0.143. The minimum atomic E-state index is -0.143. The number of para-hydroxylation sites is 1. The van der Waals surface area contributed by atoms with Crippen molar-refractivity contribution < 1.29 is 5.11 Å². The highest BCUT2D eigenvalue weighted by atomic mass is 16.3. The number of aliphatic hydroxyl groups is 1. The number of aliphatic hydroxyl groups excluding tert-OH is 1. The summed E-state index contributed by atoms with van der Waals surface area (Å²) in [5.41, 5.74) is 1.19. The van der Waals surface area contributed by atoms with Crippen molar-refractivity contribution in [3.05, 3.63) is 30.3 Å². The van der Waals surface area contributed by atoms with Gasteiger partial charge in [-0.1, -0.05) is 25.1 Å². The third-order valence-corrected chi connectivity index (χ3v) is 5.77. The van der Waals surface area contributed by atoms with Crippen molar-refractivity contribution in [1.29, 1.82) is 0 Å². The molecule has 3 rings (SSSR count). The zero-order valence-electron chi connectivity index (χ0n) is 15.0. The van der Waals surface area contributed by atoms with Crippen molar-refractivity contribution in [2.45, 2.75) is 44.8 Å². The molecule has 3 atom stereocenters. The average molecular weight is 332 g/mol. The molecule has 1 aromatic carbocycles. The van der Waals surface area contributed by atoms with Crippen LogP contribution in [0.5, 0.6) is 0 Å². The van der Waals surface area contributed by atoms with Crippen LogP contribution >= 0.6 is 0 Å². The molecule has 0 aromatic heterocycles. The van der Waals surface area contributed by atoms with Crippen LogP contribution in [0.25, 0.3) is 0 Å². The van der Waals surface area contributed by atoms with Crippen molar-refractivity contribution in [2.75, 3.05) is 38.0 Å². The van der Waals surface area contributed by atoms with Gasteiger partial charge in [-0.2, -0.15) is 0 Å². The summed E-state index contributed by atoms with van der Waals surface area (Å²) in [6, 6.07) is 11.0. The van der Waals surface area contributed by atoms with Crippen molar-refractivity contribution in [3.63, 3.8) is 0 Å². The molecule has 2 heterocycles. The summed E-state index contributed by atoms with van der Waals surface area (Å²) >= 11 is 0. The minimum Gasteiger partial charge on any atom is -0.392 e. The normalized spacial score (nSPS) is 25.5. The Morgan fingerprint density at radius 2 is 1.96 bits per heavy atom. The van der Waals surface area contributed by atoms with Crippen LogP contribution in [-0.4, -0.2) is 54.9 Å². The molecule has 0 bridgehead atoms. The lowest BCUT2D eigenvalue weighted by atomic mass is 9.84. The molecule has 4 nitrogen and oxygen atoms in total. The standard InChI is InChI=1S/C20H33N3O/c1-16(13-17-7-10-21-11-8-17)20(23-12-9-19(24)15-23)14-22-18-5-3-2-4-6-18/h2-6,16-17,19-22,24H,7-15H2,1H3. The van der Waals surface area contributed by atoms with Crippen molar-refractivity contribution in [2.24, 2.45) is 11.8 Å². The molecule has 0 radical (unpaired) electrons. The first-order valence-electron chi connectivity index (χ1n) is 9.64. The molecule has 0 aliphatic carbocycles.